The lowest BCUT2D eigenvalue weighted by Gasteiger charge is -2.27. The third-order valence-electron chi connectivity index (χ3n) is 3.91. The lowest BCUT2D eigenvalue weighted by molar-refractivity contribution is -0.117. The van der Waals surface area contributed by atoms with Crippen molar-refractivity contribution < 1.29 is 9.59 Å². The molecule has 5 nitrogen and oxygen atoms in total. The van der Waals surface area contributed by atoms with Crippen molar-refractivity contribution in [3.8, 4) is 0 Å². The lowest BCUT2D eigenvalue weighted by Crippen LogP contribution is -2.44. The van der Waals surface area contributed by atoms with Crippen molar-refractivity contribution in [2.75, 3.05) is 25.5 Å². The fraction of sp³-hybridized carbons (Fsp3) is 0.538. The molecule has 0 saturated carbocycles. The number of hydrogen-bond acceptors (Lipinski definition) is 3. The fourth-order valence-corrected chi connectivity index (χ4v) is 3.70. The molecule has 1 aromatic rings. The highest BCUT2D eigenvalue weighted by Crippen LogP contribution is 2.36. The summed E-state index contributed by atoms with van der Waals surface area (Å²) < 4.78 is 0. The van der Waals surface area contributed by atoms with Gasteiger partial charge in [0.05, 0.1) is 17.8 Å². The number of thiophene rings is 1. The second-order valence-corrected chi connectivity index (χ2v) is 6.02. The molecular formula is C13H17N3O2S. The highest BCUT2D eigenvalue weighted by molar-refractivity contribution is 7.08. The van der Waals surface area contributed by atoms with E-state index in [1.165, 1.54) is 0 Å². The zero-order valence-electron chi connectivity index (χ0n) is 11.1. The summed E-state index contributed by atoms with van der Waals surface area (Å²) in [5.41, 5.74) is 0.974. The second-order valence-electron chi connectivity index (χ2n) is 5.24. The van der Waals surface area contributed by atoms with E-state index in [9.17, 15) is 9.59 Å². The van der Waals surface area contributed by atoms with Crippen molar-refractivity contribution in [3.63, 3.8) is 0 Å². The summed E-state index contributed by atoms with van der Waals surface area (Å²) in [4.78, 5) is 29.6. The monoisotopic (exact) mass is 279 g/mol. The standard InChI is InChI=1S/C13H17N3O2S/c1-14(2)13(18)15-5-3-10-11(15)7-12(17)16(10)9-4-6-19-8-9/h4,6,8,10-11H,3,5,7H2,1-2H3/t10-,11+/m0/s1. The number of hydrogen-bond donors (Lipinski definition) is 0. The molecule has 2 aliphatic heterocycles. The summed E-state index contributed by atoms with van der Waals surface area (Å²) >= 11 is 1.59. The average molecular weight is 279 g/mol. The smallest absolute Gasteiger partial charge is 0.319 e. The number of urea groups is 1. The van der Waals surface area contributed by atoms with E-state index in [4.69, 9.17) is 0 Å². The van der Waals surface area contributed by atoms with E-state index in [-0.39, 0.29) is 24.0 Å². The summed E-state index contributed by atoms with van der Waals surface area (Å²) in [5, 5.41) is 3.98. The first-order valence-corrected chi connectivity index (χ1v) is 7.36. The van der Waals surface area contributed by atoms with Crippen LogP contribution in [0, 0.1) is 0 Å². The van der Waals surface area contributed by atoms with Gasteiger partial charge in [0, 0.05) is 32.4 Å². The van der Waals surface area contributed by atoms with E-state index in [1.807, 2.05) is 26.6 Å². The molecule has 6 heteroatoms. The van der Waals surface area contributed by atoms with E-state index >= 15 is 0 Å². The Morgan fingerprint density at radius 2 is 2.21 bits per heavy atom. The van der Waals surface area contributed by atoms with E-state index in [2.05, 4.69) is 0 Å². The van der Waals surface area contributed by atoms with Crippen LogP contribution in [0.1, 0.15) is 12.8 Å². The first kappa shape index (κ1) is 12.5. The summed E-state index contributed by atoms with van der Waals surface area (Å²) in [6.07, 6.45) is 1.31. The number of amides is 3. The third-order valence-corrected chi connectivity index (χ3v) is 4.58. The number of rotatable bonds is 1. The zero-order valence-corrected chi connectivity index (χ0v) is 11.9. The molecular weight excluding hydrogens is 262 g/mol. The van der Waals surface area contributed by atoms with Crippen LogP contribution < -0.4 is 4.90 Å². The summed E-state index contributed by atoms with van der Waals surface area (Å²) in [6, 6.07) is 2.15. The van der Waals surface area contributed by atoms with Crippen molar-refractivity contribution in [1.82, 2.24) is 9.80 Å². The van der Waals surface area contributed by atoms with Gasteiger partial charge < -0.3 is 14.7 Å². The molecule has 1 aromatic heterocycles. The Morgan fingerprint density at radius 1 is 1.42 bits per heavy atom. The van der Waals surface area contributed by atoms with Crippen LogP contribution in [0.5, 0.6) is 0 Å². The molecule has 0 N–H and O–H groups in total. The Labute approximate surface area is 116 Å². The molecule has 0 bridgehead atoms. The first-order chi connectivity index (χ1) is 9.09. The molecule has 0 radical (unpaired) electrons. The normalized spacial score (nSPS) is 25.9. The van der Waals surface area contributed by atoms with Crippen LogP contribution in [0.25, 0.3) is 0 Å². The Bertz CT molecular complexity index is 500. The third kappa shape index (κ3) is 1.90. The molecule has 2 atom stereocenters. The Hall–Kier alpha value is -1.56. The predicted octanol–water partition coefficient (Wildman–Crippen LogP) is 1.61. The molecule has 0 aromatic carbocycles. The van der Waals surface area contributed by atoms with E-state index in [0.29, 0.717) is 6.42 Å². The van der Waals surface area contributed by atoms with Gasteiger partial charge in [0.25, 0.3) is 0 Å². The zero-order chi connectivity index (χ0) is 13.6. The van der Waals surface area contributed by atoms with Crippen LogP contribution in [0.2, 0.25) is 0 Å². The minimum Gasteiger partial charge on any atom is -0.331 e. The fourth-order valence-electron chi connectivity index (χ4n) is 3.07. The van der Waals surface area contributed by atoms with Crippen LogP contribution in [-0.2, 0) is 4.79 Å². The van der Waals surface area contributed by atoms with Gasteiger partial charge in [0.1, 0.15) is 0 Å². The van der Waals surface area contributed by atoms with Gasteiger partial charge in [-0.25, -0.2) is 4.79 Å². The quantitative estimate of drug-likeness (QED) is 0.784. The predicted molar refractivity (Wildman–Crippen MR) is 74.4 cm³/mol. The molecule has 102 valence electrons. The molecule has 0 aliphatic carbocycles. The van der Waals surface area contributed by atoms with Gasteiger partial charge >= 0.3 is 6.03 Å². The minimum atomic E-state index is 0.00692. The van der Waals surface area contributed by atoms with Crippen LogP contribution in [-0.4, -0.2) is 54.5 Å². The van der Waals surface area contributed by atoms with Gasteiger partial charge in [-0.05, 0) is 17.9 Å². The second kappa shape index (κ2) is 4.52. The van der Waals surface area contributed by atoms with Crippen molar-refractivity contribution >= 4 is 29.0 Å². The summed E-state index contributed by atoms with van der Waals surface area (Å²) in [5.74, 6) is 0.129. The molecule has 3 amide bonds. The van der Waals surface area contributed by atoms with Gasteiger partial charge in [-0.3, -0.25) is 4.79 Å². The highest BCUT2D eigenvalue weighted by Gasteiger charge is 2.49. The molecule has 3 heterocycles. The maximum Gasteiger partial charge on any atom is 0.319 e. The largest absolute Gasteiger partial charge is 0.331 e. The van der Waals surface area contributed by atoms with Gasteiger partial charge in [0.15, 0.2) is 0 Å². The van der Waals surface area contributed by atoms with Crippen molar-refractivity contribution in [3.05, 3.63) is 16.8 Å². The van der Waals surface area contributed by atoms with E-state index in [1.54, 1.807) is 30.3 Å². The number of anilines is 1. The van der Waals surface area contributed by atoms with E-state index in [0.717, 1.165) is 18.7 Å². The molecule has 0 spiro atoms. The van der Waals surface area contributed by atoms with Gasteiger partial charge in [0.2, 0.25) is 5.91 Å². The van der Waals surface area contributed by atoms with Crippen molar-refractivity contribution in [1.29, 1.82) is 0 Å². The maximum atomic E-state index is 12.2. The first-order valence-electron chi connectivity index (χ1n) is 6.42. The molecule has 2 saturated heterocycles. The number of nitrogens with zero attached hydrogens (tertiary/aromatic N) is 3. The van der Waals surface area contributed by atoms with Crippen LogP contribution >= 0.6 is 11.3 Å². The number of fused-ring (bicyclic) bond motifs is 1. The average Bonchev–Trinajstić information content (AvgIpc) is 3.03. The van der Waals surface area contributed by atoms with Gasteiger partial charge in [-0.15, -0.1) is 0 Å². The molecule has 3 rings (SSSR count). The van der Waals surface area contributed by atoms with E-state index < -0.39 is 0 Å². The maximum absolute atomic E-state index is 12.2. The molecule has 2 fully saturated rings. The number of carbonyl (C=O) groups is 2. The van der Waals surface area contributed by atoms with Crippen molar-refractivity contribution in [2.24, 2.45) is 0 Å². The highest BCUT2D eigenvalue weighted by atomic mass is 32.1. The number of likely N-dealkylation sites (tertiary alicyclic amines) is 1. The number of carbonyl (C=O) groups excluding carboxylic acids is 2. The van der Waals surface area contributed by atoms with Crippen molar-refractivity contribution in [2.45, 2.75) is 24.9 Å². The van der Waals surface area contributed by atoms with Gasteiger partial charge in [-0.1, -0.05) is 0 Å². The Kier molecular flexibility index (Phi) is 2.97. The summed E-state index contributed by atoms with van der Waals surface area (Å²) in [6.45, 7) is 0.736. The molecule has 19 heavy (non-hydrogen) atoms. The lowest BCUT2D eigenvalue weighted by atomic mass is 10.1. The van der Waals surface area contributed by atoms with Gasteiger partial charge in [-0.2, -0.15) is 11.3 Å². The minimum absolute atomic E-state index is 0.00692. The topological polar surface area (TPSA) is 43.9 Å². The Balaban J connectivity index is 1.84. The SMILES string of the molecule is CN(C)C(=O)N1CC[C@H]2[C@H]1CC(=O)N2c1ccsc1. The van der Waals surface area contributed by atoms with Crippen LogP contribution in [0.4, 0.5) is 10.5 Å². The summed E-state index contributed by atoms with van der Waals surface area (Å²) in [7, 11) is 3.51. The molecule has 2 aliphatic rings. The molecule has 0 unspecified atom stereocenters. The van der Waals surface area contributed by atoms with Crippen LogP contribution in [0.15, 0.2) is 16.8 Å². The van der Waals surface area contributed by atoms with Crippen LogP contribution in [0.3, 0.4) is 0 Å². The Morgan fingerprint density at radius 3 is 2.84 bits per heavy atom.